The van der Waals surface area contributed by atoms with Crippen LogP contribution in [0.15, 0.2) is 24.5 Å². The molecule has 2 aliphatic rings. The van der Waals surface area contributed by atoms with Crippen molar-refractivity contribution >= 4 is 17.8 Å². The van der Waals surface area contributed by atoms with Crippen molar-refractivity contribution in [1.82, 2.24) is 14.8 Å². The lowest BCUT2D eigenvalue weighted by molar-refractivity contribution is -0.155. The number of hydrogen-bond donors (Lipinski definition) is 1. The Morgan fingerprint density at radius 2 is 2.04 bits per heavy atom. The van der Waals surface area contributed by atoms with Crippen LogP contribution in [0.4, 0.5) is 0 Å². The lowest BCUT2D eigenvalue weighted by Gasteiger charge is -2.48. The van der Waals surface area contributed by atoms with Gasteiger partial charge in [-0.3, -0.25) is 14.6 Å². The quantitative estimate of drug-likeness (QED) is 0.849. The first-order valence-corrected chi connectivity index (χ1v) is 9.59. The van der Waals surface area contributed by atoms with E-state index >= 15 is 0 Å². The van der Waals surface area contributed by atoms with E-state index in [1.807, 2.05) is 17.0 Å². The van der Waals surface area contributed by atoms with Crippen molar-refractivity contribution in [3.05, 3.63) is 30.1 Å². The van der Waals surface area contributed by atoms with E-state index in [-0.39, 0.29) is 17.2 Å². The normalized spacial score (nSPS) is 20.6. The number of amides is 2. The monoisotopic (exact) mass is 373 g/mol. The third kappa shape index (κ3) is 4.46. The molecule has 2 saturated heterocycles. The number of aliphatic carboxylic acids is 1. The zero-order chi connectivity index (χ0) is 19.4. The average molecular weight is 373 g/mol. The second-order valence-electron chi connectivity index (χ2n) is 7.78. The number of aryl methyl sites for hydroxylation is 1. The molecule has 2 fully saturated rings. The van der Waals surface area contributed by atoms with E-state index in [9.17, 15) is 19.5 Å². The molecule has 146 valence electrons. The summed E-state index contributed by atoms with van der Waals surface area (Å²) in [6.07, 6.45) is 7.49. The third-order valence-corrected chi connectivity index (χ3v) is 6.05. The van der Waals surface area contributed by atoms with Gasteiger partial charge in [0.25, 0.3) is 0 Å². The molecule has 0 aromatic carbocycles. The molecule has 7 nitrogen and oxygen atoms in total. The fraction of sp³-hybridized carbons (Fsp3) is 0.600. The maximum Gasteiger partial charge on any atom is 0.326 e. The summed E-state index contributed by atoms with van der Waals surface area (Å²) >= 11 is 0. The largest absolute Gasteiger partial charge is 0.480 e. The lowest BCUT2D eigenvalue weighted by atomic mass is 9.72. The van der Waals surface area contributed by atoms with E-state index in [1.54, 1.807) is 19.3 Å². The Kier molecular flexibility index (Phi) is 5.77. The number of piperidine rings is 2. The first kappa shape index (κ1) is 19.3. The highest BCUT2D eigenvalue weighted by atomic mass is 16.4. The second-order valence-corrected chi connectivity index (χ2v) is 7.78. The summed E-state index contributed by atoms with van der Waals surface area (Å²) < 4.78 is 0. The molecule has 0 bridgehead atoms. The van der Waals surface area contributed by atoms with Gasteiger partial charge >= 0.3 is 5.97 Å². The highest BCUT2D eigenvalue weighted by Crippen LogP contribution is 2.40. The molecule has 3 heterocycles. The Morgan fingerprint density at radius 1 is 1.30 bits per heavy atom. The number of carbonyl (C=O) groups excluding carboxylic acids is 2. The summed E-state index contributed by atoms with van der Waals surface area (Å²) in [5.41, 5.74) is 1.00. The number of carboxylic acids is 1. The number of carboxylic acid groups (broad SMARTS) is 1. The number of likely N-dealkylation sites (tertiary alicyclic amines) is 2. The van der Waals surface area contributed by atoms with Crippen LogP contribution in [0.1, 0.15) is 44.6 Å². The molecule has 2 amide bonds. The summed E-state index contributed by atoms with van der Waals surface area (Å²) in [5.74, 6) is -0.898. The van der Waals surface area contributed by atoms with Crippen LogP contribution in [-0.4, -0.2) is 63.4 Å². The molecule has 1 aromatic rings. The van der Waals surface area contributed by atoms with Crippen LogP contribution in [0.3, 0.4) is 0 Å². The predicted molar refractivity (Wildman–Crippen MR) is 98.8 cm³/mol. The van der Waals surface area contributed by atoms with Crippen LogP contribution < -0.4 is 0 Å². The van der Waals surface area contributed by atoms with Gasteiger partial charge in [0.1, 0.15) is 6.04 Å². The predicted octanol–water partition coefficient (Wildman–Crippen LogP) is 1.72. The number of nitrogens with zero attached hydrogens (tertiary/aromatic N) is 3. The highest BCUT2D eigenvalue weighted by molar-refractivity contribution is 5.84. The zero-order valence-electron chi connectivity index (χ0n) is 15.8. The van der Waals surface area contributed by atoms with Gasteiger partial charge in [-0.15, -0.1) is 0 Å². The van der Waals surface area contributed by atoms with Crippen molar-refractivity contribution in [1.29, 1.82) is 0 Å². The number of carbonyl (C=O) groups is 3. The number of rotatable bonds is 5. The molecule has 7 heteroatoms. The third-order valence-electron chi connectivity index (χ3n) is 6.05. The van der Waals surface area contributed by atoms with Crippen LogP contribution in [0.25, 0.3) is 0 Å². The summed E-state index contributed by atoms with van der Waals surface area (Å²) in [6, 6.07) is 3.05. The second kappa shape index (κ2) is 8.06. The Balaban J connectivity index is 1.53. The molecule has 0 saturated carbocycles. The topological polar surface area (TPSA) is 90.8 Å². The number of pyridine rings is 1. The zero-order valence-corrected chi connectivity index (χ0v) is 15.8. The Hall–Kier alpha value is -2.44. The van der Waals surface area contributed by atoms with Gasteiger partial charge in [0.15, 0.2) is 0 Å². The van der Waals surface area contributed by atoms with Crippen molar-refractivity contribution in [3.8, 4) is 0 Å². The summed E-state index contributed by atoms with van der Waals surface area (Å²) in [4.78, 5) is 43.5. The standard InChI is InChI=1S/C20H27N3O4/c1-15(19(26)27)23-14-20(7-6-18(23)25)8-11-22(12-9-20)17(24)5-4-16-3-2-10-21-13-16/h2-3,10,13,15H,4-9,11-12,14H2,1H3,(H,26,27). The van der Waals surface area contributed by atoms with E-state index in [2.05, 4.69) is 4.98 Å². The van der Waals surface area contributed by atoms with Crippen molar-refractivity contribution < 1.29 is 19.5 Å². The van der Waals surface area contributed by atoms with Gasteiger partial charge in [-0.1, -0.05) is 6.07 Å². The molecule has 3 rings (SSSR count). The molecule has 2 aliphatic heterocycles. The number of aromatic nitrogens is 1. The van der Waals surface area contributed by atoms with Crippen LogP contribution in [0, 0.1) is 5.41 Å². The van der Waals surface area contributed by atoms with Crippen LogP contribution in [0.5, 0.6) is 0 Å². The van der Waals surface area contributed by atoms with Gasteiger partial charge < -0.3 is 14.9 Å². The molecule has 1 N–H and O–H groups in total. The minimum atomic E-state index is -0.969. The molecule has 1 unspecified atom stereocenters. The van der Waals surface area contributed by atoms with E-state index in [0.717, 1.165) is 24.8 Å². The van der Waals surface area contributed by atoms with E-state index in [1.165, 1.54) is 4.90 Å². The molecule has 1 atom stereocenters. The van der Waals surface area contributed by atoms with Gasteiger partial charge in [0, 0.05) is 44.9 Å². The molecular weight excluding hydrogens is 346 g/mol. The summed E-state index contributed by atoms with van der Waals surface area (Å²) in [7, 11) is 0. The summed E-state index contributed by atoms with van der Waals surface area (Å²) in [6.45, 7) is 3.40. The highest BCUT2D eigenvalue weighted by Gasteiger charge is 2.43. The Morgan fingerprint density at radius 3 is 2.67 bits per heavy atom. The molecule has 1 spiro atoms. The van der Waals surface area contributed by atoms with Gasteiger partial charge in [-0.05, 0) is 49.7 Å². The molecule has 0 aliphatic carbocycles. The Bertz CT molecular complexity index is 698. The smallest absolute Gasteiger partial charge is 0.326 e. The van der Waals surface area contributed by atoms with Crippen molar-refractivity contribution in [2.75, 3.05) is 19.6 Å². The maximum absolute atomic E-state index is 12.5. The summed E-state index contributed by atoms with van der Waals surface area (Å²) in [5, 5.41) is 9.26. The van der Waals surface area contributed by atoms with Gasteiger partial charge in [-0.2, -0.15) is 0 Å². The minimum absolute atomic E-state index is 0.0578. The van der Waals surface area contributed by atoms with Crippen LogP contribution in [0.2, 0.25) is 0 Å². The minimum Gasteiger partial charge on any atom is -0.480 e. The molecule has 1 aromatic heterocycles. The molecule has 0 radical (unpaired) electrons. The van der Waals surface area contributed by atoms with Gasteiger partial charge in [0.2, 0.25) is 11.8 Å². The van der Waals surface area contributed by atoms with E-state index < -0.39 is 12.0 Å². The van der Waals surface area contributed by atoms with Crippen molar-refractivity contribution in [3.63, 3.8) is 0 Å². The first-order valence-electron chi connectivity index (χ1n) is 9.59. The first-order chi connectivity index (χ1) is 12.9. The van der Waals surface area contributed by atoms with E-state index in [0.29, 0.717) is 38.9 Å². The maximum atomic E-state index is 12.5. The van der Waals surface area contributed by atoms with Crippen LogP contribution >= 0.6 is 0 Å². The average Bonchev–Trinajstić information content (AvgIpc) is 2.69. The van der Waals surface area contributed by atoms with Gasteiger partial charge in [-0.25, -0.2) is 4.79 Å². The van der Waals surface area contributed by atoms with Crippen molar-refractivity contribution in [2.45, 2.75) is 51.5 Å². The van der Waals surface area contributed by atoms with E-state index in [4.69, 9.17) is 0 Å². The lowest BCUT2D eigenvalue weighted by Crippen LogP contribution is -2.55. The molecule has 27 heavy (non-hydrogen) atoms. The fourth-order valence-corrected chi connectivity index (χ4v) is 4.12. The molecular formula is C20H27N3O4. The van der Waals surface area contributed by atoms with Crippen LogP contribution in [-0.2, 0) is 20.8 Å². The van der Waals surface area contributed by atoms with Crippen molar-refractivity contribution in [2.24, 2.45) is 5.41 Å². The number of hydrogen-bond acceptors (Lipinski definition) is 4. The van der Waals surface area contributed by atoms with Gasteiger partial charge in [0.05, 0.1) is 0 Å². The fourth-order valence-electron chi connectivity index (χ4n) is 4.12. The SMILES string of the molecule is CC(C(=O)O)N1CC2(CCC1=O)CCN(C(=O)CCc1cccnc1)CC2. The Labute approximate surface area is 159 Å².